The minimum Gasteiger partial charge on any atom is -0.380 e. The summed E-state index contributed by atoms with van der Waals surface area (Å²) in [4.78, 5) is 12.2. The SMILES string of the molecule is C=CCSc1nnc(NC(=O)c2cccc(COC)c2)s1. The third kappa shape index (κ3) is 4.66. The van der Waals surface area contributed by atoms with Gasteiger partial charge in [-0.3, -0.25) is 10.1 Å². The number of thioether (sulfide) groups is 1. The standard InChI is InChI=1S/C14H15N3O2S2/c1-3-7-20-14-17-16-13(21-14)15-12(18)11-6-4-5-10(8-11)9-19-2/h3-6,8H,1,7,9H2,2H3,(H,15,16,18). The number of amides is 1. The van der Waals surface area contributed by atoms with Crippen molar-refractivity contribution in [2.45, 2.75) is 10.9 Å². The van der Waals surface area contributed by atoms with Crippen LogP contribution in [0.2, 0.25) is 0 Å². The van der Waals surface area contributed by atoms with Crippen molar-refractivity contribution < 1.29 is 9.53 Å². The zero-order chi connectivity index (χ0) is 15.1. The van der Waals surface area contributed by atoms with Gasteiger partial charge >= 0.3 is 0 Å². The number of benzene rings is 1. The molecule has 0 fully saturated rings. The van der Waals surface area contributed by atoms with Gasteiger partial charge < -0.3 is 4.74 Å². The predicted octanol–water partition coefficient (Wildman–Crippen LogP) is 3.21. The summed E-state index contributed by atoms with van der Waals surface area (Å²) in [7, 11) is 1.62. The van der Waals surface area contributed by atoms with Gasteiger partial charge in [0, 0.05) is 18.4 Å². The molecule has 0 atom stereocenters. The van der Waals surface area contributed by atoms with Crippen molar-refractivity contribution >= 4 is 34.1 Å². The van der Waals surface area contributed by atoms with E-state index in [1.54, 1.807) is 25.3 Å². The second-order valence-electron chi connectivity index (χ2n) is 4.06. The van der Waals surface area contributed by atoms with Crippen molar-refractivity contribution in [3.05, 3.63) is 48.0 Å². The van der Waals surface area contributed by atoms with Crippen molar-refractivity contribution in [2.24, 2.45) is 0 Å². The van der Waals surface area contributed by atoms with Gasteiger partial charge in [-0.05, 0) is 17.7 Å². The van der Waals surface area contributed by atoms with Gasteiger partial charge in [-0.15, -0.1) is 16.8 Å². The molecule has 0 aliphatic heterocycles. The van der Waals surface area contributed by atoms with Gasteiger partial charge in [0.25, 0.3) is 5.91 Å². The van der Waals surface area contributed by atoms with E-state index in [9.17, 15) is 4.79 Å². The molecule has 0 saturated carbocycles. The number of hydrogen-bond donors (Lipinski definition) is 1. The van der Waals surface area contributed by atoms with E-state index in [0.29, 0.717) is 17.3 Å². The summed E-state index contributed by atoms with van der Waals surface area (Å²) < 4.78 is 5.86. The number of ether oxygens (including phenoxy) is 1. The van der Waals surface area contributed by atoms with Crippen molar-refractivity contribution in [1.29, 1.82) is 0 Å². The second kappa shape index (κ2) is 7.92. The molecular weight excluding hydrogens is 306 g/mol. The van der Waals surface area contributed by atoms with E-state index in [1.165, 1.54) is 23.1 Å². The summed E-state index contributed by atoms with van der Waals surface area (Å²) in [6.07, 6.45) is 1.80. The number of carbonyl (C=O) groups is 1. The highest BCUT2D eigenvalue weighted by molar-refractivity contribution is 8.01. The molecule has 0 unspecified atom stereocenters. The molecule has 110 valence electrons. The summed E-state index contributed by atoms with van der Waals surface area (Å²) in [5.74, 6) is 0.561. The van der Waals surface area contributed by atoms with E-state index in [4.69, 9.17) is 4.74 Å². The first-order valence-electron chi connectivity index (χ1n) is 6.19. The molecule has 0 radical (unpaired) electrons. The number of methoxy groups -OCH3 is 1. The number of carbonyl (C=O) groups excluding carboxylic acids is 1. The highest BCUT2D eigenvalue weighted by atomic mass is 32.2. The van der Waals surface area contributed by atoms with Crippen LogP contribution >= 0.6 is 23.1 Å². The lowest BCUT2D eigenvalue weighted by Gasteiger charge is -2.04. The molecule has 21 heavy (non-hydrogen) atoms. The van der Waals surface area contributed by atoms with E-state index < -0.39 is 0 Å². The van der Waals surface area contributed by atoms with Crippen LogP contribution in [0.3, 0.4) is 0 Å². The molecule has 2 aromatic rings. The number of anilines is 1. The van der Waals surface area contributed by atoms with Crippen molar-refractivity contribution in [3.63, 3.8) is 0 Å². The zero-order valence-electron chi connectivity index (χ0n) is 11.5. The molecule has 0 spiro atoms. The summed E-state index contributed by atoms with van der Waals surface area (Å²) in [5, 5.41) is 11.2. The van der Waals surface area contributed by atoms with Crippen LogP contribution in [0.25, 0.3) is 0 Å². The lowest BCUT2D eigenvalue weighted by atomic mass is 10.1. The highest BCUT2D eigenvalue weighted by Crippen LogP contribution is 2.25. The van der Waals surface area contributed by atoms with Gasteiger partial charge in [-0.25, -0.2) is 0 Å². The summed E-state index contributed by atoms with van der Waals surface area (Å²) in [6, 6.07) is 7.29. The first-order chi connectivity index (χ1) is 10.2. The van der Waals surface area contributed by atoms with Gasteiger partial charge in [0.1, 0.15) is 0 Å². The quantitative estimate of drug-likeness (QED) is 0.482. The van der Waals surface area contributed by atoms with Crippen LogP contribution in [0, 0.1) is 0 Å². The minimum atomic E-state index is -0.204. The second-order valence-corrected chi connectivity index (χ2v) is 6.30. The van der Waals surface area contributed by atoms with E-state index in [0.717, 1.165) is 15.7 Å². The summed E-state index contributed by atoms with van der Waals surface area (Å²) in [5.41, 5.74) is 1.52. The molecule has 1 N–H and O–H groups in total. The predicted molar refractivity (Wildman–Crippen MR) is 85.9 cm³/mol. The van der Waals surface area contributed by atoms with Crippen LogP contribution in [0.15, 0.2) is 41.3 Å². The maximum absolute atomic E-state index is 12.2. The van der Waals surface area contributed by atoms with E-state index >= 15 is 0 Å². The first-order valence-corrected chi connectivity index (χ1v) is 7.99. The summed E-state index contributed by atoms with van der Waals surface area (Å²) in [6.45, 7) is 4.12. The average Bonchev–Trinajstić information content (AvgIpc) is 2.93. The fourth-order valence-corrected chi connectivity index (χ4v) is 3.10. The number of nitrogens with one attached hydrogen (secondary N) is 1. The molecule has 0 saturated heterocycles. The van der Waals surface area contributed by atoms with Crippen LogP contribution in [-0.2, 0) is 11.3 Å². The molecule has 1 aromatic heterocycles. The Morgan fingerprint density at radius 2 is 2.38 bits per heavy atom. The van der Waals surface area contributed by atoms with Crippen LogP contribution in [0.5, 0.6) is 0 Å². The Kier molecular flexibility index (Phi) is 5.91. The molecule has 1 aromatic carbocycles. The normalized spacial score (nSPS) is 10.3. The third-order valence-electron chi connectivity index (χ3n) is 2.45. The van der Waals surface area contributed by atoms with Crippen LogP contribution in [0.1, 0.15) is 15.9 Å². The molecule has 1 amide bonds. The molecule has 1 heterocycles. The summed E-state index contributed by atoms with van der Waals surface area (Å²) >= 11 is 2.88. The molecule has 5 nitrogen and oxygen atoms in total. The molecule has 7 heteroatoms. The Morgan fingerprint density at radius 1 is 1.52 bits per heavy atom. The van der Waals surface area contributed by atoms with E-state index in [2.05, 4.69) is 22.1 Å². The van der Waals surface area contributed by atoms with Crippen molar-refractivity contribution in [3.8, 4) is 0 Å². The van der Waals surface area contributed by atoms with Gasteiger partial charge in [-0.2, -0.15) is 0 Å². The van der Waals surface area contributed by atoms with E-state index in [-0.39, 0.29) is 5.91 Å². The monoisotopic (exact) mass is 321 g/mol. The Morgan fingerprint density at radius 3 is 3.14 bits per heavy atom. The maximum atomic E-state index is 12.2. The maximum Gasteiger partial charge on any atom is 0.257 e. The fraction of sp³-hybridized carbons (Fsp3) is 0.214. The van der Waals surface area contributed by atoms with Crippen molar-refractivity contribution in [2.75, 3.05) is 18.2 Å². The number of hydrogen-bond acceptors (Lipinski definition) is 6. The van der Waals surface area contributed by atoms with Gasteiger partial charge in [0.15, 0.2) is 4.34 Å². The highest BCUT2D eigenvalue weighted by Gasteiger charge is 2.10. The van der Waals surface area contributed by atoms with Crippen LogP contribution in [0.4, 0.5) is 5.13 Å². The first kappa shape index (κ1) is 15.7. The molecule has 0 bridgehead atoms. The smallest absolute Gasteiger partial charge is 0.257 e. The van der Waals surface area contributed by atoms with Crippen LogP contribution < -0.4 is 5.32 Å². The largest absolute Gasteiger partial charge is 0.380 e. The van der Waals surface area contributed by atoms with Gasteiger partial charge in [0.05, 0.1) is 6.61 Å². The minimum absolute atomic E-state index is 0.204. The molecule has 2 rings (SSSR count). The van der Waals surface area contributed by atoms with Gasteiger partial charge in [0.2, 0.25) is 5.13 Å². The number of rotatable bonds is 7. The Bertz CT molecular complexity index is 628. The molecule has 0 aliphatic carbocycles. The molecule has 0 aliphatic rings. The zero-order valence-corrected chi connectivity index (χ0v) is 13.2. The van der Waals surface area contributed by atoms with Crippen molar-refractivity contribution in [1.82, 2.24) is 10.2 Å². The van der Waals surface area contributed by atoms with Gasteiger partial charge in [-0.1, -0.05) is 41.3 Å². The number of aromatic nitrogens is 2. The Labute approximate surface area is 131 Å². The number of nitrogens with zero attached hydrogens (tertiary/aromatic N) is 2. The Balaban J connectivity index is 2.01. The average molecular weight is 321 g/mol. The lowest BCUT2D eigenvalue weighted by molar-refractivity contribution is 0.102. The lowest BCUT2D eigenvalue weighted by Crippen LogP contribution is -2.12. The topological polar surface area (TPSA) is 64.1 Å². The Hall–Kier alpha value is -1.70. The van der Waals surface area contributed by atoms with Crippen LogP contribution in [-0.4, -0.2) is 29.0 Å². The third-order valence-corrected chi connectivity index (χ3v) is 4.42. The molecular formula is C14H15N3O2S2. The van der Waals surface area contributed by atoms with E-state index in [1.807, 2.05) is 12.1 Å². The fourth-order valence-electron chi connectivity index (χ4n) is 1.59.